The molecule has 3 nitrogen and oxygen atoms in total. The van der Waals surface area contributed by atoms with Crippen LogP contribution in [-0.2, 0) is 0 Å². The summed E-state index contributed by atoms with van der Waals surface area (Å²) in [5.41, 5.74) is 7.49. The Kier molecular flexibility index (Phi) is 7.14. The first-order chi connectivity index (χ1) is 25.8. The summed E-state index contributed by atoms with van der Waals surface area (Å²) in [5, 5.41) is 9.69. The van der Waals surface area contributed by atoms with Crippen molar-refractivity contribution in [3.05, 3.63) is 188 Å². The lowest BCUT2D eigenvalue weighted by Crippen LogP contribution is -2.01. The van der Waals surface area contributed by atoms with Crippen molar-refractivity contribution in [1.82, 2.24) is 15.0 Å². The molecule has 0 aliphatic carbocycles. The van der Waals surface area contributed by atoms with Crippen LogP contribution in [0.15, 0.2) is 188 Å². The van der Waals surface area contributed by atoms with Crippen molar-refractivity contribution in [3.8, 4) is 56.4 Å². The van der Waals surface area contributed by atoms with E-state index in [9.17, 15) is 0 Å². The van der Waals surface area contributed by atoms with Gasteiger partial charge in [-0.1, -0.05) is 176 Å². The first kappa shape index (κ1) is 29.9. The van der Waals surface area contributed by atoms with Gasteiger partial charge in [0.15, 0.2) is 17.5 Å². The highest BCUT2D eigenvalue weighted by Gasteiger charge is 2.20. The largest absolute Gasteiger partial charge is 0.208 e. The van der Waals surface area contributed by atoms with Crippen LogP contribution in [0.25, 0.3) is 99.5 Å². The molecule has 0 amide bonds. The first-order valence-electron chi connectivity index (χ1n) is 17.6. The van der Waals surface area contributed by atoms with Gasteiger partial charge in [-0.15, -0.1) is 0 Å². The maximum atomic E-state index is 5.25. The molecule has 10 aromatic rings. The van der Waals surface area contributed by atoms with Crippen LogP contribution in [0.3, 0.4) is 0 Å². The fourth-order valence-corrected chi connectivity index (χ4v) is 7.70. The predicted molar refractivity (Wildman–Crippen MR) is 217 cm³/mol. The Bertz CT molecular complexity index is 2950. The van der Waals surface area contributed by atoms with E-state index in [0.29, 0.717) is 17.5 Å². The van der Waals surface area contributed by atoms with Gasteiger partial charge in [0.1, 0.15) is 0 Å². The van der Waals surface area contributed by atoms with Crippen molar-refractivity contribution in [1.29, 1.82) is 0 Å². The van der Waals surface area contributed by atoms with Gasteiger partial charge in [0, 0.05) is 16.7 Å². The Labute approximate surface area is 301 Å². The topological polar surface area (TPSA) is 38.7 Å². The summed E-state index contributed by atoms with van der Waals surface area (Å²) < 4.78 is 0. The van der Waals surface area contributed by atoms with Crippen molar-refractivity contribution in [3.63, 3.8) is 0 Å². The molecule has 0 saturated carbocycles. The molecule has 1 aromatic heterocycles. The molecule has 0 saturated heterocycles. The second-order valence-corrected chi connectivity index (χ2v) is 13.1. The molecule has 0 spiro atoms. The minimum Gasteiger partial charge on any atom is -0.208 e. The summed E-state index contributed by atoms with van der Waals surface area (Å²) in [6.07, 6.45) is 0. The first-order valence-corrected chi connectivity index (χ1v) is 17.6. The highest BCUT2D eigenvalue weighted by Crippen LogP contribution is 2.43. The number of aromatic nitrogens is 3. The average Bonchev–Trinajstić information content (AvgIpc) is 3.23. The van der Waals surface area contributed by atoms with Gasteiger partial charge in [0.25, 0.3) is 0 Å². The van der Waals surface area contributed by atoms with Crippen LogP contribution >= 0.6 is 0 Å². The van der Waals surface area contributed by atoms with Crippen LogP contribution in [0.2, 0.25) is 0 Å². The molecule has 0 aliphatic heterocycles. The zero-order valence-electron chi connectivity index (χ0n) is 28.2. The molecule has 9 aromatic carbocycles. The van der Waals surface area contributed by atoms with E-state index < -0.39 is 0 Å². The molecule has 0 bridgehead atoms. The number of nitrogens with zero attached hydrogens (tertiary/aromatic N) is 3. The van der Waals surface area contributed by atoms with Crippen LogP contribution in [0, 0.1) is 0 Å². The van der Waals surface area contributed by atoms with Crippen LogP contribution in [0.1, 0.15) is 0 Å². The lowest BCUT2D eigenvalue weighted by atomic mass is 9.87. The number of fused-ring (bicyclic) bond motifs is 5. The summed E-state index contributed by atoms with van der Waals surface area (Å²) in [6, 6.07) is 66.4. The standard InChI is InChI=1S/C49H31N3/c1-3-15-32(16-4-1)36-21-11-14-26-43(36)48-50-47(34-18-5-2-6-19-34)51-49(52-48)44-30-29-41(39-24-12-13-25-40(39)44)46-38-23-10-8-20-35(38)31-45-37-22-9-7-17-33(37)27-28-42(45)46/h1-31H. The van der Waals surface area contributed by atoms with Gasteiger partial charge in [-0.3, -0.25) is 0 Å². The van der Waals surface area contributed by atoms with E-state index in [1.807, 2.05) is 24.3 Å². The number of rotatable bonds is 5. The third-order valence-corrected chi connectivity index (χ3v) is 10.1. The number of benzene rings is 9. The van der Waals surface area contributed by atoms with Gasteiger partial charge >= 0.3 is 0 Å². The smallest absolute Gasteiger partial charge is 0.164 e. The summed E-state index contributed by atoms with van der Waals surface area (Å²) in [7, 11) is 0. The highest BCUT2D eigenvalue weighted by molar-refractivity contribution is 6.22. The van der Waals surface area contributed by atoms with Gasteiger partial charge in [-0.25, -0.2) is 15.0 Å². The SMILES string of the molecule is c1ccc(-c2nc(-c3ccccc3-c3ccccc3)nc(-c3ccc(-c4c5ccccc5cc5c4ccc4ccccc45)c4ccccc34)n2)cc1. The van der Waals surface area contributed by atoms with E-state index in [4.69, 9.17) is 15.0 Å². The van der Waals surface area contributed by atoms with Crippen LogP contribution in [-0.4, -0.2) is 15.0 Å². The molecule has 52 heavy (non-hydrogen) atoms. The maximum absolute atomic E-state index is 5.25. The highest BCUT2D eigenvalue weighted by atomic mass is 15.0. The molecule has 0 N–H and O–H groups in total. The molecule has 0 radical (unpaired) electrons. The number of hydrogen-bond acceptors (Lipinski definition) is 3. The minimum absolute atomic E-state index is 0.642. The van der Waals surface area contributed by atoms with E-state index in [0.717, 1.165) is 38.6 Å². The lowest BCUT2D eigenvalue weighted by Gasteiger charge is -2.17. The Morgan fingerprint density at radius 2 is 0.769 bits per heavy atom. The second-order valence-electron chi connectivity index (χ2n) is 13.1. The summed E-state index contributed by atoms with van der Waals surface area (Å²) in [4.78, 5) is 15.5. The van der Waals surface area contributed by atoms with Crippen molar-refractivity contribution in [2.24, 2.45) is 0 Å². The van der Waals surface area contributed by atoms with Gasteiger partial charge in [-0.05, 0) is 77.5 Å². The Balaban J connectivity index is 1.24. The van der Waals surface area contributed by atoms with Crippen molar-refractivity contribution < 1.29 is 0 Å². The van der Waals surface area contributed by atoms with Crippen molar-refractivity contribution in [2.45, 2.75) is 0 Å². The van der Waals surface area contributed by atoms with Gasteiger partial charge in [0.05, 0.1) is 0 Å². The Hall–Kier alpha value is -6.97. The van der Waals surface area contributed by atoms with E-state index in [1.165, 1.54) is 43.4 Å². The zero-order valence-corrected chi connectivity index (χ0v) is 28.2. The lowest BCUT2D eigenvalue weighted by molar-refractivity contribution is 1.08. The van der Waals surface area contributed by atoms with E-state index in [2.05, 4.69) is 164 Å². The Morgan fingerprint density at radius 1 is 0.250 bits per heavy atom. The second kappa shape index (κ2) is 12.4. The van der Waals surface area contributed by atoms with E-state index in [-0.39, 0.29) is 0 Å². The monoisotopic (exact) mass is 661 g/mol. The summed E-state index contributed by atoms with van der Waals surface area (Å²) >= 11 is 0. The van der Waals surface area contributed by atoms with Gasteiger partial charge in [0.2, 0.25) is 0 Å². The molecule has 3 heteroatoms. The summed E-state index contributed by atoms with van der Waals surface area (Å²) in [5.74, 6) is 1.93. The molecule has 0 fully saturated rings. The van der Waals surface area contributed by atoms with Crippen LogP contribution in [0.4, 0.5) is 0 Å². The van der Waals surface area contributed by atoms with E-state index >= 15 is 0 Å². The summed E-state index contributed by atoms with van der Waals surface area (Å²) in [6.45, 7) is 0. The molecule has 1 heterocycles. The fraction of sp³-hybridized carbons (Fsp3) is 0. The third kappa shape index (κ3) is 5.02. The average molecular weight is 662 g/mol. The molecule has 242 valence electrons. The van der Waals surface area contributed by atoms with Crippen molar-refractivity contribution >= 4 is 43.1 Å². The maximum Gasteiger partial charge on any atom is 0.164 e. The van der Waals surface area contributed by atoms with Crippen molar-refractivity contribution in [2.75, 3.05) is 0 Å². The number of hydrogen-bond donors (Lipinski definition) is 0. The zero-order chi connectivity index (χ0) is 34.4. The predicted octanol–water partition coefficient (Wildman–Crippen LogP) is 12.8. The normalized spacial score (nSPS) is 11.5. The fourth-order valence-electron chi connectivity index (χ4n) is 7.70. The Morgan fingerprint density at radius 3 is 1.52 bits per heavy atom. The molecule has 0 unspecified atom stereocenters. The third-order valence-electron chi connectivity index (χ3n) is 10.1. The van der Waals surface area contributed by atoms with Gasteiger partial charge in [-0.2, -0.15) is 0 Å². The van der Waals surface area contributed by atoms with Crippen LogP contribution in [0.5, 0.6) is 0 Å². The quantitative estimate of drug-likeness (QED) is 0.136. The van der Waals surface area contributed by atoms with Gasteiger partial charge < -0.3 is 0 Å². The minimum atomic E-state index is 0.642. The molecular formula is C49H31N3. The molecule has 10 rings (SSSR count). The molecule has 0 atom stereocenters. The van der Waals surface area contributed by atoms with Crippen LogP contribution < -0.4 is 0 Å². The molecular weight excluding hydrogens is 631 g/mol. The molecule has 0 aliphatic rings. The van der Waals surface area contributed by atoms with E-state index in [1.54, 1.807) is 0 Å².